The number of amides is 1. The lowest BCUT2D eigenvalue weighted by Crippen LogP contribution is -2.66. The number of carbonyl (C=O) groups is 2. The van der Waals surface area contributed by atoms with Crippen LogP contribution >= 0.6 is 0 Å². The zero-order valence-electron chi connectivity index (χ0n) is 13.0. The first-order chi connectivity index (χ1) is 9.94. The topological polar surface area (TPSA) is 92.3 Å². The summed E-state index contributed by atoms with van der Waals surface area (Å²) in [4.78, 5) is 22.7. The number of carbonyl (C=O) groups excluding carboxylic acids is 2. The largest absolute Gasteiger partial charge is 0.457 e. The van der Waals surface area contributed by atoms with Crippen LogP contribution in [0.2, 0.25) is 0 Å². The van der Waals surface area contributed by atoms with Crippen molar-refractivity contribution >= 4 is 11.9 Å². The molecule has 0 saturated carbocycles. The number of hydrogen-bond acceptors (Lipinski definition) is 7. The molecule has 5 atom stereocenters. The van der Waals surface area contributed by atoms with Gasteiger partial charge in [0.25, 0.3) is 0 Å². The normalized spacial score (nSPS) is 32.5. The van der Waals surface area contributed by atoms with Crippen molar-refractivity contribution in [3.63, 3.8) is 0 Å². The maximum absolute atomic E-state index is 11.4. The highest BCUT2D eigenvalue weighted by Gasteiger charge is 2.49. The Morgan fingerprint density at radius 3 is 2.19 bits per heavy atom. The molecule has 1 fully saturated rings. The molecule has 122 valence electrons. The van der Waals surface area contributed by atoms with Crippen molar-refractivity contribution in [3.8, 4) is 0 Å². The molecule has 0 aromatic rings. The predicted molar refractivity (Wildman–Crippen MR) is 71.5 cm³/mol. The molecule has 1 N–H and O–H groups in total. The molecular formula is C13H23NO7. The van der Waals surface area contributed by atoms with Crippen molar-refractivity contribution in [2.45, 2.75) is 44.5 Å². The van der Waals surface area contributed by atoms with E-state index < -0.39 is 36.6 Å². The van der Waals surface area contributed by atoms with E-state index in [0.29, 0.717) is 0 Å². The average Bonchev–Trinajstić information content (AvgIpc) is 2.40. The molecule has 8 nitrogen and oxygen atoms in total. The Bertz CT molecular complexity index is 362. The summed E-state index contributed by atoms with van der Waals surface area (Å²) < 4.78 is 26.8. The van der Waals surface area contributed by atoms with E-state index in [4.69, 9.17) is 23.7 Å². The molecule has 1 heterocycles. The number of hydrogen-bond donors (Lipinski definition) is 1. The lowest BCUT2D eigenvalue weighted by Gasteiger charge is -2.44. The summed E-state index contributed by atoms with van der Waals surface area (Å²) in [5.41, 5.74) is 0. The lowest BCUT2D eigenvalue weighted by molar-refractivity contribution is -0.271. The quantitative estimate of drug-likeness (QED) is 0.659. The Kier molecular flexibility index (Phi) is 7.03. The van der Waals surface area contributed by atoms with Gasteiger partial charge in [-0.05, 0) is 0 Å². The van der Waals surface area contributed by atoms with Gasteiger partial charge in [-0.15, -0.1) is 0 Å². The summed E-state index contributed by atoms with van der Waals surface area (Å²) in [5, 5.41) is 2.68. The lowest BCUT2D eigenvalue weighted by atomic mass is 9.96. The standard InChI is InChI=1S/C13H23NO7/c1-7(15)14-10-12(20-8(2)16)11(18-4)9(6-17-3)21-13(10)19-5/h9-13H,6H2,1-5H3,(H,14,15)/t9-,10-,11+,12-,13+/m1/s1. The molecule has 21 heavy (non-hydrogen) atoms. The first-order valence-corrected chi connectivity index (χ1v) is 6.58. The second kappa shape index (κ2) is 8.28. The van der Waals surface area contributed by atoms with Crippen LogP contribution in [-0.4, -0.2) is 70.5 Å². The second-order valence-corrected chi connectivity index (χ2v) is 4.73. The summed E-state index contributed by atoms with van der Waals surface area (Å²) >= 11 is 0. The van der Waals surface area contributed by atoms with E-state index >= 15 is 0 Å². The first-order valence-electron chi connectivity index (χ1n) is 6.58. The molecule has 0 radical (unpaired) electrons. The van der Waals surface area contributed by atoms with Crippen molar-refractivity contribution in [3.05, 3.63) is 0 Å². The molecule has 1 aliphatic rings. The Balaban J connectivity index is 3.05. The minimum absolute atomic E-state index is 0.239. The molecule has 8 heteroatoms. The molecule has 0 aliphatic carbocycles. The highest BCUT2D eigenvalue weighted by Crippen LogP contribution is 2.26. The number of esters is 1. The third-order valence-corrected chi connectivity index (χ3v) is 3.15. The minimum Gasteiger partial charge on any atom is -0.457 e. The summed E-state index contributed by atoms with van der Waals surface area (Å²) in [6.45, 7) is 2.89. The van der Waals surface area contributed by atoms with Gasteiger partial charge in [-0.1, -0.05) is 0 Å². The summed E-state index contributed by atoms with van der Waals surface area (Å²) in [6, 6.07) is -0.672. The van der Waals surface area contributed by atoms with Crippen LogP contribution in [0.5, 0.6) is 0 Å². The Morgan fingerprint density at radius 2 is 1.76 bits per heavy atom. The van der Waals surface area contributed by atoms with Crippen LogP contribution in [0.1, 0.15) is 13.8 Å². The monoisotopic (exact) mass is 305 g/mol. The van der Waals surface area contributed by atoms with Crippen LogP contribution in [-0.2, 0) is 33.3 Å². The first kappa shape index (κ1) is 17.8. The fourth-order valence-electron chi connectivity index (χ4n) is 2.41. The van der Waals surface area contributed by atoms with E-state index in [0.717, 1.165) is 0 Å². The van der Waals surface area contributed by atoms with E-state index in [-0.39, 0.29) is 12.5 Å². The highest BCUT2D eigenvalue weighted by atomic mass is 16.7. The molecule has 0 aromatic carbocycles. The smallest absolute Gasteiger partial charge is 0.303 e. The van der Waals surface area contributed by atoms with Gasteiger partial charge in [0, 0.05) is 35.2 Å². The predicted octanol–water partition coefficient (Wildman–Crippen LogP) is -0.544. The van der Waals surface area contributed by atoms with Gasteiger partial charge < -0.3 is 29.0 Å². The van der Waals surface area contributed by atoms with Gasteiger partial charge in [0.2, 0.25) is 5.91 Å². The summed E-state index contributed by atoms with van der Waals surface area (Å²) in [6.07, 6.45) is -2.59. The molecular weight excluding hydrogens is 282 g/mol. The van der Waals surface area contributed by atoms with Crippen molar-refractivity contribution < 1.29 is 33.3 Å². The zero-order chi connectivity index (χ0) is 16.0. The Labute approximate surface area is 124 Å². The second-order valence-electron chi connectivity index (χ2n) is 4.73. The van der Waals surface area contributed by atoms with E-state index in [1.807, 2.05) is 0 Å². The van der Waals surface area contributed by atoms with Crippen LogP contribution in [0, 0.1) is 0 Å². The van der Waals surface area contributed by atoms with Crippen LogP contribution in [0.4, 0.5) is 0 Å². The third kappa shape index (κ3) is 4.63. The highest BCUT2D eigenvalue weighted by molar-refractivity contribution is 5.73. The summed E-state index contributed by atoms with van der Waals surface area (Å²) in [7, 11) is 4.45. The number of rotatable bonds is 6. The molecule has 0 spiro atoms. The van der Waals surface area contributed by atoms with E-state index in [1.165, 1.54) is 35.2 Å². The molecule has 0 bridgehead atoms. The van der Waals surface area contributed by atoms with Crippen molar-refractivity contribution in [2.75, 3.05) is 27.9 Å². The zero-order valence-corrected chi connectivity index (χ0v) is 13.0. The van der Waals surface area contributed by atoms with Crippen LogP contribution < -0.4 is 5.32 Å². The third-order valence-electron chi connectivity index (χ3n) is 3.15. The van der Waals surface area contributed by atoms with Gasteiger partial charge in [-0.2, -0.15) is 0 Å². The SMILES string of the molecule is COC[C@H]1O[C@H](OC)[C@H](NC(C)=O)[C@@H](OC(C)=O)[C@H]1OC. The van der Waals surface area contributed by atoms with Gasteiger partial charge in [-0.25, -0.2) is 0 Å². The number of ether oxygens (including phenoxy) is 5. The van der Waals surface area contributed by atoms with Gasteiger partial charge in [0.05, 0.1) is 6.61 Å². The number of methoxy groups -OCH3 is 3. The van der Waals surface area contributed by atoms with Crippen molar-refractivity contribution in [1.82, 2.24) is 5.32 Å². The Morgan fingerprint density at radius 1 is 1.10 bits per heavy atom. The van der Waals surface area contributed by atoms with Gasteiger partial charge in [-0.3, -0.25) is 9.59 Å². The van der Waals surface area contributed by atoms with Gasteiger partial charge in [0.1, 0.15) is 18.2 Å². The van der Waals surface area contributed by atoms with E-state index in [2.05, 4.69) is 5.32 Å². The molecule has 1 rings (SSSR count). The van der Waals surface area contributed by atoms with E-state index in [1.54, 1.807) is 0 Å². The van der Waals surface area contributed by atoms with Crippen LogP contribution in [0.3, 0.4) is 0 Å². The Hall–Kier alpha value is -1.22. The van der Waals surface area contributed by atoms with E-state index in [9.17, 15) is 9.59 Å². The maximum Gasteiger partial charge on any atom is 0.303 e. The minimum atomic E-state index is -0.773. The van der Waals surface area contributed by atoms with Crippen LogP contribution in [0.15, 0.2) is 0 Å². The van der Waals surface area contributed by atoms with Crippen molar-refractivity contribution in [2.24, 2.45) is 0 Å². The average molecular weight is 305 g/mol. The molecule has 0 unspecified atom stereocenters. The summed E-state index contributed by atoms with van der Waals surface area (Å²) in [5.74, 6) is -0.770. The molecule has 0 aromatic heterocycles. The fourth-order valence-corrected chi connectivity index (χ4v) is 2.41. The van der Waals surface area contributed by atoms with Crippen LogP contribution in [0.25, 0.3) is 0 Å². The van der Waals surface area contributed by atoms with Gasteiger partial charge in [0.15, 0.2) is 12.4 Å². The van der Waals surface area contributed by atoms with Gasteiger partial charge >= 0.3 is 5.97 Å². The molecule has 1 amide bonds. The number of nitrogens with one attached hydrogen (secondary N) is 1. The fraction of sp³-hybridized carbons (Fsp3) is 0.846. The maximum atomic E-state index is 11.4. The molecule has 1 saturated heterocycles. The molecule has 1 aliphatic heterocycles. The van der Waals surface area contributed by atoms with Crippen molar-refractivity contribution in [1.29, 1.82) is 0 Å².